The average Bonchev–Trinajstić information content (AvgIpc) is 2.67. The minimum absolute atomic E-state index is 0.310. The fourth-order valence-corrected chi connectivity index (χ4v) is 3.02. The predicted octanol–water partition coefficient (Wildman–Crippen LogP) is 3.96. The Hall–Kier alpha value is -1.28. The number of rotatable bonds is 1. The first-order valence-corrected chi connectivity index (χ1v) is 6.65. The van der Waals surface area contributed by atoms with Crippen molar-refractivity contribution < 1.29 is 8.78 Å². The Morgan fingerprint density at radius 1 is 1.11 bits per heavy atom. The standard InChI is InChI=1S/C12H5ClF2IN3/c13-11-10-9(16)4-19(12(10)18-5-17-11)8-2-6(14)1-7(15)3-8/h1-5H. The molecule has 96 valence electrons. The Kier molecular flexibility index (Phi) is 3.14. The summed E-state index contributed by atoms with van der Waals surface area (Å²) in [4.78, 5) is 8.01. The third kappa shape index (κ3) is 2.18. The van der Waals surface area contributed by atoms with Crippen molar-refractivity contribution in [2.24, 2.45) is 0 Å². The molecule has 3 rings (SSSR count). The summed E-state index contributed by atoms with van der Waals surface area (Å²) < 4.78 is 29.0. The van der Waals surface area contributed by atoms with Gasteiger partial charge in [0.25, 0.3) is 0 Å². The maximum Gasteiger partial charge on any atom is 0.150 e. The highest BCUT2D eigenvalue weighted by atomic mass is 127. The van der Waals surface area contributed by atoms with Crippen LogP contribution in [-0.4, -0.2) is 14.5 Å². The molecule has 0 aliphatic carbocycles. The van der Waals surface area contributed by atoms with Gasteiger partial charge in [-0.15, -0.1) is 0 Å². The zero-order chi connectivity index (χ0) is 13.6. The fourth-order valence-electron chi connectivity index (χ4n) is 1.86. The average molecular weight is 392 g/mol. The number of halogens is 4. The Bertz CT molecular complexity index is 768. The highest BCUT2D eigenvalue weighted by Crippen LogP contribution is 2.29. The van der Waals surface area contributed by atoms with Crippen LogP contribution in [0, 0.1) is 15.2 Å². The third-order valence-corrected chi connectivity index (χ3v) is 3.72. The first-order chi connectivity index (χ1) is 9.06. The van der Waals surface area contributed by atoms with Crippen molar-refractivity contribution in [1.29, 1.82) is 0 Å². The zero-order valence-corrected chi connectivity index (χ0v) is 12.2. The molecular weight excluding hydrogens is 387 g/mol. The molecule has 0 saturated heterocycles. The van der Waals surface area contributed by atoms with E-state index in [4.69, 9.17) is 11.6 Å². The van der Waals surface area contributed by atoms with Gasteiger partial charge in [0.05, 0.1) is 11.1 Å². The van der Waals surface area contributed by atoms with E-state index in [9.17, 15) is 8.78 Å². The molecule has 0 amide bonds. The van der Waals surface area contributed by atoms with E-state index in [2.05, 4.69) is 32.6 Å². The Morgan fingerprint density at radius 3 is 2.47 bits per heavy atom. The van der Waals surface area contributed by atoms with Crippen molar-refractivity contribution in [3.63, 3.8) is 0 Å². The summed E-state index contributed by atoms with van der Waals surface area (Å²) in [5.74, 6) is -1.29. The zero-order valence-electron chi connectivity index (χ0n) is 9.24. The largest absolute Gasteiger partial charge is 0.300 e. The topological polar surface area (TPSA) is 30.7 Å². The normalized spacial score (nSPS) is 11.2. The second kappa shape index (κ2) is 4.68. The summed E-state index contributed by atoms with van der Waals surface area (Å²) >= 11 is 8.08. The van der Waals surface area contributed by atoms with Crippen molar-refractivity contribution in [2.45, 2.75) is 0 Å². The molecule has 7 heteroatoms. The number of hydrogen-bond donors (Lipinski definition) is 0. The van der Waals surface area contributed by atoms with Crippen LogP contribution in [-0.2, 0) is 0 Å². The molecule has 0 unspecified atom stereocenters. The van der Waals surface area contributed by atoms with Gasteiger partial charge >= 0.3 is 0 Å². The van der Waals surface area contributed by atoms with E-state index < -0.39 is 11.6 Å². The van der Waals surface area contributed by atoms with Crippen molar-refractivity contribution >= 4 is 45.2 Å². The van der Waals surface area contributed by atoms with Gasteiger partial charge in [-0.3, -0.25) is 4.57 Å². The Morgan fingerprint density at radius 2 is 1.79 bits per heavy atom. The van der Waals surface area contributed by atoms with Crippen LogP contribution in [0.4, 0.5) is 8.78 Å². The Balaban J connectivity index is 2.34. The van der Waals surface area contributed by atoms with Crippen molar-refractivity contribution in [3.05, 3.63) is 51.1 Å². The molecule has 0 saturated carbocycles. The SMILES string of the molecule is Fc1cc(F)cc(-n2cc(I)c3c(Cl)ncnc32)c1. The molecule has 2 heterocycles. The van der Waals surface area contributed by atoms with Gasteiger partial charge < -0.3 is 0 Å². The van der Waals surface area contributed by atoms with Crippen LogP contribution < -0.4 is 0 Å². The van der Waals surface area contributed by atoms with Crippen molar-refractivity contribution in [3.8, 4) is 5.69 Å². The number of fused-ring (bicyclic) bond motifs is 1. The lowest BCUT2D eigenvalue weighted by Crippen LogP contribution is -1.96. The van der Waals surface area contributed by atoms with Crippen molar-refractivity contribution in [1.82, 2.24) is 14.5 Å². The number of nitrogens with zero attached hydrogens (tertiary/aromatic N) is 3. The lowest BCUT2D eigenvalue weighted by Gasteiger charge is -2.05. The first-order valence-electron chi connectivity index (χ1n) is 5.20. The summed E-state index contributed by atoms with van der Waals surface area (Å²) in [6.45, 7) is 0. The van der Waals surface area contributed by atoms with Crippen LogP contribution in [0.1, 0.15) is 0 Å². The molecule has 3 aromatic rings. The minimum Gasteiger partial charge on any atom is -0.300 e. The molecule has 0 radical (unpaired) electrons. The molecule has 2 aromatic heterocycles. The van der Waals surface area contributed by atoms with Gasteiger partial charge in [-0.1, -0.05) is 11.6 Å². The summed E-state index contributed by atoms with van der Waals surface area (Å²) in [7, 11) is 0. The fraction of sp³-hybridized carbons (Fsp3) is 0. The number of aromatic nitrogens is 3. The second-order valence-electron chi connectivity index (χ2n) is 3.84. The van der Waals surface area contributed by atoms with E-state index in [1.165, 1.54) is 18.5 Å². The smallest absolute Gasteiger partial charge is 0.150 e. The van der Waals surface area contributed by atoms with E-state index in [1.807, 2.05) is 0 Å². The van der Waals surface area contributed by atoms with Crippen LogP contribution >= 0.6 is 34.2 Å². The van der Waals surface area contributed by atoms with Gasteiger partial charge in [0.15, 0.2) is 5.65 Å². The molecule has 19 heavy (non-hydrogen) atoms. The highest BCUT2D eigenvalue weighted by molar-refractivity contribution is 14.1. The predicted molar refractivity (Wildman–Crippen MR) is 76.5 cm³/mol. The molecule has 0 bridgehead atoms. The lowest BCUT2D eigenvalue weighted by molar-refractivity contribution is 0.582. The van der Waals surface area contributed by atoms with E-state index in [1.54, 1.807) is 10.8 Å². The summed E-state index contributed by atoms with van der Waals surface area (Å²) in [6.07, 6.45) is 3.02. The minimum atomic E-state index is -0.646. The molecule has 3 nitrogen and oxygen atoms in total. The number of hydrogen-bond acceptors (Lipinski definition) is 2. The molecule has 0 atom stereocenters. The highest BCUT2D eigenvalue weighted by Gasteiger charge is 2.14. The second-order valence-corrected chi connectivity index (χ2v) is 5.36. The van der Waals surface area contributed by atoms with E-state index in [0.29, 0.717) is 21.9 Å². The molecule has 1 aromatic carbocycles. The Labute approximate surface area is 125 Å². The van der Waals surface area contributed by atoms with Crippen LogP contribution in [0.5, 0.6) is 0 Å². The summed E-state index contributed by atoms with van der Waals surface area (Å²) in [5, 5.41) is 0.972. The molecular formula is C12H5ClF2IN3. The maximum absolute atomic E-state index is 13.3. The van der Waals surface area contributed by atoms with Crippen LogP contribution in [0.3, 0.4) is 0 Å². The van der Waals surface area contributed by atoms with Gasteiger partial charge in [-0.25, -0.2) is 18.7 Å². The van der Waals surface area contributed by atoms with Crippen molar-refractivity contribution in [2.75, 3.05) is 0 Å². The van der Waals surface area contributed by atoms with Crippen LogP contribution in [0.2, 0.25) is 5.15 Å². The molecule has 0 aliphatic rings. The van der Waals surface area contributed by atoms with Gasteiger partial charge in [-0.05, 0) is 34.7 Å². The van der Waals surface area contributed by atoms with Gasteiger partial charge in [-0.2, -0.15) is 0 Å². The molecule has 0 spiro atoms. The molecule has 0 N–H and O–H groups in total. The van der Waals surface area contributed by atoms with Gasteiger partial charge in [0.1, 0.15) is 23.1 Å². The van der Waals surface area contributed by atoms with Crippen LogP contribution in [0.25, 0.3) is 16.7 Å². The first kappa shape index (κ1) is 12.7. The van der Waals surface area contributed by atoms with Gasteiger partial charge in [0, 0.05) is 15.8 Å². The number of benzene rings is 1. The monoisotopic (exact) mass is 391 g/mol. The molecule has 0 fully saturated rings. The lowest BCUT2D eigenvalue weighted by atomic mass is 10.3. The van der Waals surface area contributed by atoms with Gasteiger partial charge in [0.2, 0.25) is 0 Å². The maximum atomic E-state index is 13.3. The van der Waals surface area contributed by atoms with E-state index in [0.717, 1.165) is 9.64 Å². The summed E-state index contributed by atoms with van der Waals surface area (Å²) in [6, 6.07) is 3.28. The third-order valence-electron chi connectivity index (χ3n) is 2.62. The quantitative estimate of drug-likeness (QED) is 0.464. The van der Waals surface area contributed by atoms with Crippen LogP contribution in [0.15, 0.2) is 30.7 Å². The van der Waals surface area contributed by atoms with E-state index in [-0.39, 0.29) is 0 Å². The van der Waals surface area contributed by atoms with E-state index >= 15 is 0 Å². The molecule has 0 aliphatic heterocycles. The summed E-state index contributed by atoms with van der Waals surface area (Å²) in [5.41, 5.74) is 0.856.